The van der Waals surface area contributed by atoms with Gasteiger partial charge in [0.05, 0.1) is 13.2 Å². The van der Waals surface area contributed by atoms with Crippen LogP contribution in [0.1, 0.15) is 19.4 Å². The summed E-state index contributed by atoms with van der Waals surface area (Å²) in [6.45, 7) is 4.62. The fraction of sp³-hybridized carbons (Fsp3) is 0.462. The molecular weight excluding hydrogens is 234 g/mol. The topological polar surface area (TPSA) is 67.8 Å². The summed E-state index contributed by atoms with van der Waals surface area (Å²) in [4.78, 5) is 11.5. The summed E-state index contributed by atoms with van der Waals surface area (Å²) >= 11 is 0. The first kappa shape index (κ1) is 14.5. The molecule has 0 heterocycles. The predicted octanol–water partition coefficient (Wildman–Crippen LogP) is 1.55. The van der Waals surface area contributed by atoms with E-state index in [0.29, 0.717) is 30.2 Å². The van der Waals surface area contributed by atoms with Gasteiger partial charge in [0.15, 0.2) is 0 Å². The van der Waals surface area contributed by atoms with Crippen molar-refractivity contribution in [3.05, 3.63) is 23.8 Å². The average Bonchev–Trinajstić information content (AvgIpc) is 2.38. The van der Waals surface area contributed by atoms with Gasteiger partial charge in [-0.1, -0.05) is 0 Å². The molecule has 0 saturated carbocycles. The van der Waals surface area contributed by atoms with Crippen molar-refractivity contribution in [3.63, 3.8) is 0 Å². The van der Waals surface area contributed by atoms with Gasteiger partial charge >= 0.3 is 0 Å². The third-order valence-electron chi connectivity index (χ3n) is 2.25. The number of hydrogen-bond acceptors (Lipinski definition) is 4. The van der Waals surface area contributed by atoms with E-state index in [4.69, 9.17) is 9.47 Å². The maximum absolute atomic E-state index is 11.5. The minimum atomic E-state index is -0.218. The molecule has 0 unspecified atom stereocenters. The van der Waals surface area contributed by atoms with Crippen molar-refractivity contribution in [3.8, 4) is 5.75 Å². The van der Waals surface area contributed by atoms with Crippen molar-refractivity contribution >= 4 is 11.6 Å². The molecule has 0 aromatic heterocycles. The van der Waals surface area contributed by atoms with Gasteiger partial charge in [0.2, 0.25) is 5.91 Å². The summed E-state index contributed by atoms with van der Waals surface area (Å²) in [5.74, 6) is 0.410. The Labute approximate surface area is 107 Å². The quantitative estimate of drug-likeness (QED) is 0.773. The van der Waals surface area contributed by atoms with Gasteiger partial charge in [0.25, 0.3) is 0 Å². The second kappa shape index (κ2) is 7.68. The smallest absolute Gasteiger partial charge is 0.250 e. The van der Waals surface area contributed by atoms with Crippen molar-refractivity contribution in [1.82, 2.24) is 0 Å². The molecule has 0 saturated heterocycles. The van der Waals surface area contributed by atoms with Crippen molar-refractivity contribution in [2.24, 2.45) is 0 Å². The number of aliphatic hydroxyl groups excluding tert-OH is 1. The lowest BCUT2D eigenvalue weighted by atomic mass is 10.2. The first-order chi connectivity index (χ1) is 8.71. The highest BCUT2D eigenvalue weighted by Crippen LogP contribution is 2.22. The third-order valence-corrected chi connectivity index (χ3v) is 2.25. The molecular formula is C13H19NO4. The van der Waals surface area contributed by atoms with Gasteiger partial charge in [0.1, 0.15) is 12.4 Å². The second-order valence-corrected chi connectivity index (χ2v) is 3.60. The first-order valence-electron chi connectivity index (χ1n) is 5.95. The predicted molar refractivity (Wildman–Crippen MR) is 68.7 cm³/mol. The molecule has 0 aliphatic carbocycles. The number of ether oxygens (including phenoxy) is 2. The zero-order valence-electron chi connectivity index (χ0n) is 10.7. The van der Waals surface area contributed by atoms with Crippen LogP contribution >= 0.6 is 0 Å². The van der Waals surface area contributed by atoms with E-state index in [0.717, 1.165) is 0 Å². The van der Waals surface area contributed by atoms with Crippen LogP contribution in [0, 0.1) is 0 Å². The highest BCUT2D eigenvalue weighted by Gasteiger charge is 2.06. The zero-order chi connectivity index (χ0) is 13.4. The Balaban J connectivity index is 2.69. The lowest BCUT2D eigenvalue weighted by Gasteiger charge is -2.11. The molecule has 18 heavy (non-hydrogen) atoms. The minimum absolute atomic E-state index is 0.0260. The van der Waals surface area contributed by atoms with Crippen LogP contribution in [-0.4, -0.2) is 30.8 Å². The Morgan fingerprint density at radius 1 is 1.33 bits per heavy atom. The Morgan fingerprint density at radius 3 is 2.72 bits per heavy atom. The minimum Gasteiger partial charge on any atom is -0.494 e. The van der Waals surface area contributed by atoms with Crippen LogP contribution < -0.4 is 10.1 Å². The van der Waals surface area contributed by atoms with Gasteiger partial charge < -0.3 is 19.9 Å². The molecule has 2 N–H and O–H groups in total. The number of rotatable bonds is 7. The number of carbonyl (C=O) groups excluding carboxylic acids is 1. The molecule has 100 valence electrons. The van der Waals surface area contributed by atoms with Gasteiger partial charge in [-0.15, -0.1) is 0 Å². The van der Waals surface area contributed by atoms with Gasteiger partial charge in [-0.05, 0) is 32.0 Å². The van der Waals surface area contributed by atoms with Crippen molar-refractivity contribution in [1.29, 1.82) is 0 Å². The molecule has 0 atom stereocenters. The Kier molecular flexibility index (Phi) is 6.18. The van der Waals surface area contributed by atoms with E-state index in [1.54, 1.807) is 18.2 Å². The van der Waals surface area contributed by atoms with Crippen molar-refractivity contribution < 1.29 is 19.4 Å². The molecule has 1 aromatic rings. The largest absolute Gasteiger partial charge is 0.494 e. The number of amides is 1. The number of anilines is 1. The Hall–Kier alpha value is -1.59. The standard InChI is InChI=1S/C13H19NO4/c1-3-17-9-13(16)14-11-5-6-12(18-4-2)10(7-11)8-15/h5-7,15H,3-4,8-9H2,1-2H3,(H,14,16). The molecule has 0 aliphatic heterocycles. The molecule has 1 aromatic carbocycles. The van der Waals surface area contributed by atoms with E-state index >= 15 is 0 Å². The van der Waals surface area contributed by atoms with Crippen LogP contribution in [0.25, 0.3) is 0 Å². The zero-order valence-corrected chi connectivity index (χ0v) is 10.7. The van der Waals surface area contributed by atoms with Crippen molar-refractivity contribution in [2.75, 3.05) is 25.1 Å². The highest BCUT2D eigenvalue weighted by molar-refractivity contribution is 5.91. The summed E-state index contributed by atoms with van der Waals surface area (Å²) < 4.78 is 10.4. The normalized spacial score (nSPS) is 10.2. The molecule has 0 radical (unpaired) electrons. The number of hydrogen-bond donors (Lipinski definition) is 2. The van der Waals surface area contributed by atoms with E-state index < -0.39 is 0 Å². The van der Waals surface area contributed by atoms with Gasteiger partial charge in [-0.2, -0.15) is 0 Å². The number of nitrogens with one attached hydrogen (secondary N) is 1. The summed E-state index contributed by atoms with van der Waals surface area (Å²) in [6, 6.07) is 5.15. The second-order valence-electron chi connectivity index (χ2n) is 3.60. The first-order valence-corrected chi connectivity index (χ1v) is 5.95. The lowest BCUT2D eigenvalue weighted by Crippen LogP contribution is -2.18. The summed E-state index contributed by atoms with van der Waals surface area (Å²) in [5.41, 5.74) is 1.26. The fourth-order valence-electron chi connectivity index (χ4n) is 1.47. The number of benzene rings is 1. The van der Waals surface area contributed by atoms with Crippen LogP contribution in [0.15, 0.2) is 18.2 Å². The SMILES string of the molecule is CCOCC(=O)Nc1ccc(OCC)c(CO)c1. The molecule has 0 bridgehead atoms. The number of aliphatic hydroxyl groups is 1. The summed E-state index contributed by atoms with van der Waals surface area (Å²) in [7, 11) is 0. The Bertz CT molecular complexity index is 393. The maximum atomic E-state index is 11.5. The lowest BCUT2D eigenvalue weighted by molar-refractivity contribution is -0.120. The third kappa shape index (κ3) is 4.35. The molecule has 1 amide bonds. The van der Waals surface area contributed by atoms with Crippen LogP contribution in [0.2, 0.25) is 0 Å². The van der Waals surface area contributed by atoms with Crippen LogP contribution in [-0.2, 0) is 16.1 Å². The van der Waals surface area contributed by atoms with E-state index in [2.05, 4.69) is 5.32 Å². The maximum Gasteiger partial charge on any atom is 0.250 e. The van der Waals surface area contributed by atoms with E-state index in [-0.39, 0.29) is 19.1 Å². The molecule has 0 spiro atoms. The van der Waals surface area contributed by atoms with Crippen molar-refractivity contribution in [2.45, 2.75) is 20.5 Å². The van der Waals surface area contributed by atoms with Crippen LogP contribution in [0.5, 0.6) is 5.75 Å². The van der Waals surface area contributed by atoms with E-state index in [1.165, 1.54) is 0 Å². The molecule has 0 fully saturated rings. The van der Waals surface area contributed by atoms with Crippen LogP contribution in [0.4, 0.5) is 5.69 Å². The molecule has 0 aliphatic rings. The number of carbonyl (C=O) groups is 1. The fourth-order valence-corrected chi connectivity index (χ4v) is 1.47. The molecule has 5 nitrogen and oxygen atoms in total. The monoisotopic (exact) mass is 253 g/mol. The summed E-state index contributed by atoms with van der Waals surface area (Å²) in [5, 5.41) is 11.9. The molecule has 1 rings (SSSR count). The summed E-state index contributed by atoms with van der Waals surface area (Å²) in [6.07, 6.45) is 0. The van der Waals surface area contributed by atoms with E-state index in [9.17, 15) is 9.90 Å². The van der Waals surface area contributed by atoms with Gasteiger partial charge in [0, 0.05) is 17.9 Å². The highest BCUT2D eigenvalue weighted by atomic mass is 16.5. The van der Waals surface area contributed by atoms with Gasteiger partial charge in [-0.25, -0.2) is 0 Å². The average molecular weight is 253 g/mol. The van der Waals surface area contributed by atoms with Crippen LogP contribution in [0.3, 0.4) is 0 Å². The Morgan fingerprint density at radius 2 is 2.11 bits per heavy atom. The molecule has 5 heteroatoms. The van der Waals surface area contributed by atoms with Gasteiger partial charge in [-0.3, -0.25) is 4.79 Å². The van der Waals surface area contributed by atoms with E-state index in [1.807, 2.05) is 13.8 Å².